The number of rotatable bonds is 39. The fraction of sp³-hybridized carbons (Fsp3) is 0.727. The van der Waals surface area contributed by atoms with Gasteiger partial charge in [-0.05, 0) is 64.2 Å². The summed E-state index contributed by atoms with van der Waals surface area (Å²) in [5.74, 6) is -1.01. The van der Waals surface area contributed by atoms with Crippen LogP contribution in [0.4, 0.5) is 0 Å². The number of allylic oxidation sites excluding steroid dienone is 9. The summed E-state index contributed by atoms with van der Waals surface area (Å²) < 4.78 is 32.6. The molecular weight excluding hydrogens is 735 g/mol. The van der Waals surface area contributed by atoms with Crippen LogP contribution in [0.5, 0.6) is 0 Å². The van der Waals surface area contributed by atoms with E-state index < -0.39 is 57.9 Å². The number of aliphatic hydroxyl groups is 3. The molecule has 0 aliphatic rings. The highest BCUT2D eigenvalue weighted by molar-refractivity contribution is 7.47. The van der Waals surface area contributed by atoms with Crippen LogP contribution in [0.3, 0.4) is 0 Å². The second-order valence-electron chi connectivity index (χ2n) is 14.2. The standard InChI is InChI=1S/C44H77O11P/c1-3-5-7-9-11-12-13-14-15-16-17-18-19-20-22-26-31-35-44(49)55-42(39-54-56(50,51)53-37-41(47)36-45)38-52-43(48)34-30-27-23-25-29-33-40(46)32-28-24-21-10-8-6-4-2/h6,8,11-12,14-15,21,24,28,32,40-42,45-47H,3-5,7,9-10,13,16-20,22-23,25-27,29-31,33-39H2,1-2H3,(H,50,51)/b8-6+,12-11-,15-14-,24-21+,32-28+/t40?,41-,42+/m0/s1. The van der Waals surface area contributed by atoms with Gasteiger partial charge in [-0.1, -0.05) is 145 Å². The van der Waals surface area contributed by atoms with Crippen LogP contribution in [0.15, 0.2) is 60.8 Å². The number of hydrogen-bond acceptors (Lipinski definition) is 10. The highest BCUT2D eigenvalue weighted by Crippen LogP contribution is 2.43. The lowest BCUT2D eigenvalue weighted by molar-refractivity contribution is -0.161. The predicted molar refractivity (Wildman–Crippen MR) is 225 cm³/mol. The molecule has 0 radical (unpaired) electrons. The minimum Gasteiger partial charge on any atom is -0.462 e. The van der Waals surface area contributed by atoms with Crippen molar-refractivity contribution in [2.75, 3.05) is 26.4 Å². The van der Waals surface area contributed by atoms with Crippen molar-refractivity contribution in [3.63, 3.8) is 0 Å². The molecule has 0 aromatic rings. The summed E-state index contributed by atoms with van der Waals surface area (Å²) in [7, 11) is -4.64. The summed E-state index contributed by atoms with van der Waals surface area (Å²) in [6.45, 7) is 2.09. The highest BCUT2D eigenvalue weighted by Gasteiger charge is 2.27. The number of hydrogen-bond donors (Lipinski definition) is 4. The molecule has 4 N–H and O–H groups in total. The first-order valence-corrected chi connectivity index (χ1v) is 22.8. The molecule has 0 saturated heterocycles. The smallest absolute Gasteiger partial charge is 0.462 e. The molecule has 0 aromatic carbocycles. The maximum atomic E-state index is 12.6. The number of unbranched alkanes of at least 4 members (excludes halogenated alkanes) is 14. The molecular formula is C44H77O11P. The van der Waals surface area contributed by atoms with Crippen LogP contribution in [-0.2, 0) is 32.7 Å². The van der Waals surface area contributed by atoms with Crippen molar-refractivity contribution >= 4 is 19.8 Å². The first-order valence-electron chi connectivity index (χ1n) is 21.4. The number of ether oxygens (including phenoxy) is 2. The average Bonchev–Trinajstić information content (AvgIpc) is 3.18. The van der Waals surface area contributed by atoms with E-state index in [1.807, 2.05) is 18.2 Å². The van der Waals surface area contributed by atoms with Gasteiger partial charge in [0.1, 0.15) is 12.7 Å². The Morgan fingerprint density at radius 1 is 0.625 bits per heavy atom. The molecule has 56 heavy (non-hydrogen) atoms. The van der Waals surface area contributed by atoms with Gasteiger partial charge >= 0.3 is 19.8 Å². The largest absolute Gasteiger partial charge is 0.472 e. The fourth-order valence-electron chi connectivity index (χ4n) is 5.44. The van der Waals surface area contributed by atoms with Gasteiger partial charge < -0.3 is 29.7 Å². The minimum atomic E-state index is -4.64. The lowest BCUT2D eigenvalue weighted by Crippen LogP contribution is -2.29. The molecule has 0 aliphatic heterocycles. The summed E-state index contributed by atoms with van der Waals surface area (Å²) in [4.78, 5) is 35.0. The first kappa shape index (κ1) is 53.6. The van der Waals surface area contributed by atoms with Gasteiger partial charge in [0.25, 0.3) is 0 Å². The van der Waals surface area contributed by atoms with Crippen molar-refractivity contribution in [2.24, 2.45) is 0 Å². The zero-order valence-corrected chi connectivity index (χ0v) is 35.6. The van der Waals surface area contributed by atoms with Crippen molar-refractivity contribution < 1.29 is 52.9 Å². The van der Waals surface area contributed by atoms with E-state index >= 15 is 0 Å². The van der Waals surface area contributed by atoms with Crippen molar-refractivity contribution in [3.05, 3.63) is 60.8 Å². The molecule has 0 aromatic heterocycles. The van der Waals surface area contributed by atoms with Crippen molar-refractivity contribution in [1.82, 2.24) is 0 Å². The molecule has 0 saturated carbocycles. The van der Waals surface area contributed by atoms with Crippen LogP contribution in [0, 0.1) is 0 Å². The molecule has 0 amide bonds. The lowest BCUT2D eigenvalue weighted by atomic mass is 10.1. The zero-order valence-electron chi connectivity index (χ0n) is 34.7. The Labute approximate surface area is 338 Å². The SMILES string of the molecule is CC/C=C/C/C=C/C=C/C(O)CCCCCCCC(=O)OC[C@H](COP(=O)(O)OC[C@@H](O)CO)OC(=O)CCCCCCCCC/C=C\C/C=C\CCCCC. The Bertz CT molecular complexity index is 1130. The van der Waals surface area contributed by atoms with Crippen LogP contribution >= 0.6 is 7.82 Å². The Morgan fingerprint density at radius 2 is 1.18 bits per heavy atom. The number of aliphatic hydroxyl groups excluding tert-OH is 3. The highest BCUT2D eigenvalue weighted by atomic mass is 31.2. The van der Waals surface area contributed by atoms with Gasteiger partial charge in [-0.15, -0.1) is 0 Å². The summed E-state index contributed by atoms with van der Waals surface area (Å²) in [6, 6.07) is 0. The van der Waals surface area contributed by atoms with Crippen molar-refractivity contribution in [2.45, 2.75) is 180 Å². The van der Waals surface area contributed by atoms with Gasteiger partial charge in [-0.25, -0.2) is 4.57 Å². The van der Waals surface area contributed by atoms with E-state index in [1.165, 1.54) is 38.5 Å². The lowest BCUT2D eigenvalue weighted by Gasteiger charge is -2.20. The maximum Gasteiger partial charge on any atom is 0.472 e. The average molecular weight is 813 g/mol. The Morgan fingerprint density at radius 3 is 1.82 bits per heavy atom. The van der Waals surface area contributed by atoms with E-state index in [1.54, 1.807) is 6.08 Å². The minimum absolute atomic E-state index is 0.152. The molecule has 12 heteroatoms. The molecule has 11 nitrogen and oxygen atoms in total. The molecule has 4 atom stereocenters. The van der Waals surface area contributed by atoms with Gasteiger partial charge in [-0.3, -0.25) is 18.6 Å². The molecule has 0 rings (SSSR count). The number of phosphoric acid groups is 1. The third-order valence-electron chi connectivity index (χ3n) is 8.76. The molecule has 0 fully saturated rings. The summed E-state index contributed by atoms with van der Waals surface area (Å²) in [6.07, 6.45) is 39.2. The Hall–Kier alpha value is -2.37. The fourth-order valence-corrected chi connectivity index (χ4v) is 6.23. The topological polar surface area (TPSA) is 169 Å². The van der Waals surface area contributed by atoms with Crippen LogP contribution in [0.2, 0.25) is 0 Å². The van der Waals surface area contributed by atoms with E-state index in [-0.39, 0.29) is 19.4 Å². The zero-order chi connectivity index (χ0) is 41.4. The molecule has 0 bridgehead atoms. The van der Waals surface area contributed by atoms with E-state index in [9.17, 15) is 29.3 Å². The number of esters is 2. The van der Waals surface area contributed by atoms with E-state index in [0.29, 0.717) is 19.3 Å². The van der Waals surface area contributed by atoms with Crippen LogP contribution in [0.25, 0.3) is 0 Å². The number of carbonyl (C=O) groups is 2. The van der Waals surface area contributed by atoms with Gasteiger partial charge in [0, 0.05) is 12.8 Å². The first-order chi connectivity index (χ1) is 27.1. The van der Waals surface area contributed by atoms with Gasteiger partial charge in [-0.2, -0.15) is 0 Å². The number of phosphoric ester groups is 1. The second-order valence-corrected chi connectivity index (χ2v) is 15.6. The molecule has 0 spiro atoms. The number of carbonyl (C=O) groups excluding carboxylic acids is 2. The summed E-state index contributed by atoms with van der Waals surface area (Å²) in [5, 5.41) is 28.4. The molecule has 324 valence electrons. The monoisotopic (exact) mass is 813 g/mol. The quantitative estimate of drug-likeness (QED) is 0.0153. The summed E-state index contributed by atoms with van der Waals surface area (Å²) >= 11 is 0. The van der Waals surface area contributed by atoms with Crippen LogP contribution in [-0.4, -0.2) is 76.9 Å². The van der Waals surface area contributed by atoms with Gasteiger partial charge in [0.15, 0.2) is 6.10 Å². The summed E-state index contributed by atoms with van der Waals surface area (Å²) in [5.41, 5.74) is 0. The predicted octanol–water partition coefficient (Wildman–Crippen LogP) is 10.1. The normalized spacial score (nSPS) is 15.0. The Balaban J connectivity index is 4.41. The van der Waals surface area contributed by atoms with E-state index in [4.69, 9.17) is 19.1 Å². The third kappa shape index (κ3) is 38.5. The van der Waals surface area contributed by atoms with E-state index in [0.717, 1.165) is 77.0 Å². The van der Waals surface area contributed by atoms with Gasteiger partial charge in [0.2, 0.25) is 0 Å². The van der Waals surface area contributed by atoms with Crippen molar-refractivity contribution in [1.29, 1.82) is 0 Å². The van der Waals surface area contributed by atoms with Crippen molar-refractivity contribution in [3.8, 4) is 0 Å². The molecule has 0 aliphatic carbocycles. The van der Waals surface area contributed by atoms with E-state index in [2.05, 4.69) is 54.8 Å². The van der Waals surface area contributed by atoms with Crippen LogP contribution < -0.4 is 0 Å². The van der Waals surface area contributed by atoms with Gasteiger partial charge in [0.05, 0.1) is 25.9 Å². The second kappa shape index (κ2) is 39.5. The molecule has 2 unspecified atom stereocenters. The maximum absolute atomic E-state index is 12.6. The molecule has 0 heterocycles. The third-order valence-corrected chi connectivity index (χ3v) is 9.71. The van der Waals surface area contributed by atoms with Crippen LogP contribution in [0.1, 0.15) is 162 Å². The Kier molecular flexibility index (Phi) is 37.8.